The number of nitrogens with two attached hydrogens (primary N) is 1. The van der Waals surface area contributed by atoms with Crippen molar-refractivity contribution in [1.82, 2.24) is 9.78 Å². The Morgan fingerprint density at radius 1 is 1.33 bits per heavy atom. The highest BCUT2D eigenvalue weighted by molar-refractivity contribution is 5.61. The van der Waals surface area contributed by atoms with Gasteiger partial charge in [0.25, 0.3) is 0 Å². The summed E-state index contributed by atoms with van der Waals surface area (Å²) in [5.41, 5.74) is 11.0. The van der Waals surface area contributed by atoms with Gasteiger partial charge in [-0.05, 0) is 39.8 Å². The molecule has 5 nitrogen and oxygen atoms in total. The van der Waals surface area contributed by atoms with E-state index in [4.69, 9.17) is 10.5 Å². The normalized spacial score (nSPS) is 11.0. The summed E-state index contributed by atoms with van der Waals surface area (Å²) in [7, 11) is 1.96. The van der Waals surface area contributed by atoms with Gasteiger partial charge in [0.05, 0.1) is 17.5 Å². The number of hydrogen-bond acceptors (Lipinski definition) is 4. The van der Waals surface area contributed by atoms with Gasteiger partial charge in [-0.25, -0.2) is 0 Å². The number of hydrogen-bond donors (Lipinski definition) is 2. The van der Waals surface area contributed by atoms with E-state index in [2.05, 4.69) is 17.3 Å². The van der Waals surface area contributed by atoms with Crippen molar-refractivity contribution in [3.8, 4) is 5.75 Å². The lowest BCUT2D eigenvalue weighted by molar-refractivity contribution is 0.244. The van der Waals surface area contributed by atoms with Gasteiger partial charge >= 0.3 is 0 Å². The number of rotatable bonds is 5. The molecule has 0 amide bonds. The molecule has 1 heterocycles. The average Bonchev–Trinajstić information content (AvgIpc) is 2.64. The summed E-state index contributed by atoms with van der Waals surface area (Å²) >= 11 is 0. The molecular formula is C16H24N4O. The Morgan fingerprint density at radius 2 is 2.05 bits per heavy atom. The van der Waals surface area contributed by atoms with Crippen molar-refractivity contribution < 1.29 is 4.74 Å². The van der Waals surface area contributed by atoms with E-state index < -0.39 is 0 Å². The smallest absolute Gasteiger partial charge is 0.144 e. The van der Waals surface area contributed by atoms with Crippen LogP contribution in [0.15, 0.2) is 18.2 Å². The molecule has 1 aromatic heterocycles. The van der Waals surface area contributed by atoms with E-state index in [0.717, 1.165) is 23.7 Å². The van der Waals surface area contributed by atoms with Crippen LogP contribution in [0.2, 0.25) is 0 Å². The van der Waals surface area contributed by atoms with E-state index in [1.54, 1.807) is 0 Å². The third-order valence-corrected chi connectivity index (χ3v) is 3.50. The fourth-order valence-corrected chi connectivity index (χ4v) is 2.26. The molecule has 0 spiro atoms. The first-order chi connectivity index (χ1) is 9.88. The van der Waals surface area contributed by atoms with Crippen molar-refractivity contribution in [2.75, 3.05) is 11.1 Å². The van der Waals surface area contributed by atoms with Crippen LogP contribution in [0.5, 0.6) is 5.75 Å². The lowest BCUT2D eigenvalue weighted by Crippen LogP contribution is -2.08. The third kappa shape index (κ3) is 3.48. The number of nitrogens with one attached hydrogen (secondary N) is 1. The summed E-state index contributed by atoms with van der Waals surface area (Å²) in [4.78, 5) is 0. The number of nitrogens with zero attached hydrogens (tertiary/aromatic N) is 2. The van der Waals surface area contributed by atoms with Crippen LogP contribution < -0.4 is 15.8 Å². The molecule has 0 saturated carbocycles. The van der Waals surface area contributed by atoms with Crippen LogP contribution in [-0.2, 0) is 13.6 Å². The molecule has 1 aromatic carbocycles. The highest BCUT2D eigenvalue weighted by Crippen LogP contribution is 2.27. The maximum absolute atomic E-state index is 5.93. The molecule has 0 unspecified atom stereocenters. The lowest BCUT2D eigenvalue weighted by atomic mass is 10.2. The van der Waals surface area contributed by atoms with Gasteiger partial charge in [-0.15, -0.1) is 0 Å². The predicted octanol–water partition coefficient (Wildman–Crippen LogP) is 3.02. The van der Waals surface area contributed by atoms with Gasteiger partial charge in [-0.1, -0.05) is 0 Å². The molecule has 0 bridgehead atoms. The fraction of sp³-hybridized carbons (Fsp3) is 0.438. The first-order valence-corrected chi connectivity index (χ1v) is 7.17. The van der Waals surface area contributed by atoms with Crippen molar-refractivity contribution in [2.24, 2.45) is 7.05 Å². The van der Waals surface area contributed by atoms with Crippen molar-refractivity contribution in [3.63, 3.8) is 0 Å². The zero-order valence-corrected chi connectivity index (χ0v) is 13.4. The Kier molecular flexibility index (Phi) is 4.40. The number of aryl methyl sites for hydroxylation is 2. The van der Waals surface area contributed by atoms with Gasteiger partial charge in [0.2, 0.25) is 0 Å². The van der Waals surface area contributed by atoms with Crippen LogP contribution in [0.3, 0.4) is 0 Å². The second-order valence-electron chi connectivity index (χ2n) is 5.55. The number of anilines is 2. The monoisotopic (exact) mass is 288 g/mol. The summed E-state index contributed by atoms with van der Waals surface area (Å²) in [6.45, 7) is 8.81. The van der Waals surface area contributed by atoms with Crippen LogP contribution in [0.25, 0.3) is 0 Å². The Balaban J connectivity index is 2.13. The van der Waals surface area contributed by atoms with Crippen LogP contribution in [0.1, 0.15) is 30.8 Å². The van der Waals surface area contributed by atoms with Gasteiger partial charge in [0, 0.05) is 36.6 Å². The largest absolute Gasteiger partial charge is 0.489 e. The van der Waals surface area contributed by atoms with E-state index >= 15 is 0 Å². The molecule has 114 valence electrons. The molecule has 2 aromatic rings. The molecule has 2 rings (SSSR count). The molecule has 21 heavy (non-hydrogen) atoms. The van der Waals surface area contributed by atoms with Gasteiger partial charge < -0.3 is 15.8 Å². The zero-order valence-electron chi connectivity index (χ0n) is 13.4. The molecule has 0 aliphatic carbocycles. The quantitative estimate of drug-likeness (QED) is 0.830. The zero-order chi connectivity index (χ0) is 15.6. The Labute approximate surface area is 126 Å². The van der Waals surface area contributed by atoms with Crippen LogP contribution >= 0.6 is 0 Å². The number of aromatic nitrogens is 2. The SMILES string of the molecule is Cc1nn(C)c(C)c1CNc1ccc(N)c(OC(C)C)c1. The number of benzene rings is 1. The summed E-state index contributed by atoms with van der Waals surface area (Å²) in [6.07, 6.45) is 0.102. The standard InChI is InChI=1S/C16H24N4O/c1-10(2)21-16-8-13(6-7-15(16)17)18-9-14-11(3)19-20(5)12(14)4/h6-8,10,18H,9,17H2,1-5H3. The summed E-state index contributed by atoms with van der Waals surface area (Å²) in [6, 6.07) is 5.77. The van der Waals surface area contributed by atoms with Crippen LogP contribution in [-0.4, -0.2) is 15.9 Å². The van der Waals surface area contributed by atoms with E-state index in [1.807, 2.05) is 50.7 Å². The van der Waals surface area contributed by atoms with Gasteiger partial charge in [0.1, 0.15) is 5.75 Å². The van der Waals surface area contributed by atoms with Crippen molar-refractivity contribution in [1.29, 1.82) is 0 Å². The molecule has 0 aliphatic heterocycles. The summed E-state index contributed by atoms with van der Waals surface area (Å²) in [5.74, 6) is 0.717. The molecular weight excluding hydrogens is 264 g/mol. The molecule has 0 radical (unpaired) electrons. The molecule has 0 saturated heterocycles. The Hall–Kier alpha value is -2.17. The average molecular weight is 288 g/mol. The molecule has 5 heteroatoms. The number of ether oxygens (including phenoxy) is 1. The third-order valence-electron chi connectivity index (χ3n) is 3.50. The second kappa shape index (κ2) is 6.08. The minimum Gasteiger partial charge on any atom is -0.489 e. The maximum Gasteiger partial charge on any atom is 0.144 e. The van der Waals surface area contributed by atoms with Gasteiger partial charge in [0.15, 0.2) is 0 Å². The summed E-state index contributed by atoms with van der Waals surface area (Å²) < 4.78 is 7.61. The second-order valence-corrected chi connectivity index (χ2v) is 5.55. The minimum absolute atomic E-state index is 0.102. The van der Waals surface area contributed by atoms with E-state index in [1.165, 1.54) is 11.3 Å². The molecule has 0 fully saturated rings. The highest BCUT2D eigenvalue weighted by Gasteiger charge is 2.10. The van der Waals surface area contributed by atoms with Crippen LogP contribution in [0, 0.1) is 13.8 Å². The predicted molar refractivity (Wildman–Crippen MR) is 86.6 cm³/mol. The fourth-order valence-electron chi connectivity index (χ4n) is 2.26. The highest BCUT2D eigenvalue weighted by atomic mass is 16.5. The molecule has 3 N–H and O–H groups in total. The summed E-state index contributed by atoms with van der Waals surface area (Å²) in [5, 5.41) is 7.83. The van der Waals surface area contributed by atoms with Crippen molar-refractivity contribution in [2.45, 2.75) is 40.3 Å². The van der Waals surface area contributed by atoms with Gasteiger partial charge in [-0.3, -0.25) is 4.68 Å². The maximum atomic E-state index is 5.93. The number of nitrogen functional groups attached to an aromatic ring is 1. The minimum atomic E-state index is 0.102. The topological polar surface area (TPSA) is 65.1 Å². The van der Waals surface area contributed by atoms with E-state index in [9.17, 15) is 0 Å². The lowest BCUT2D eigenvalue weighted by Gasteiger charge is -2.14. The van der Waals surface area contributed by atoms with E-state index in [0.29, 0.717) is 5.69 Å². The first kappa shape index (κ1) is 15.2. The van der Waals surface area contributed by atoms with Crippen LogP contribution in [0.4, 0.5) is 11.4 Å². The van der Waals surface area contributed by atoms with Crippen molar-refractivity contribution >= 4 is 11.4 Å². The molecule has 0 aliphatic rings. The Morgan fingerprint density at radius 3 is 2.62 bits per heavy atom. The first-order valence-electron chi connectivity index (χ1n) is 7.17. The van der Waals surface area contributed by atoms with Crippen molar-refractivity contribution in [3.05, 3.63) is 35.2 Å². The molecule has 0 atom stereocenters. The van der Waals surface area contributed by atoms with Gasteiger partial charge in [-0.2, -0.15) is 5.10 Å². The van der Waals surface area contributed by atoms with E-state index in [-0.39, 0.29) is 6.10 Å². The Bertz CT molecular complexity index is 631.